The molecule has 0 amide bonds. The largest absolute Gasteiger partial charge is 0.399 e. The molecule has 2 heteroatoms. The van der Waals surface area contributed by atoms with Gasteiger partial charge in [0, 0.05) is 18.3 Å². The summed E-state index contributed by atoms with van der Waals surface area (Å²) in [5, 5.41) is 3.32. The molecule has 0 fully saturated rings. The van der Waals surface area contributed by atoms with Gasteiger partial charge in [0.1, 0.15) is 0 Å². The van der Waals surface area contributed by atoms with Gasteiger partial charge in [-0.05, 0) is 31.9 Å². The van der Waals surface area contributed by atoms with E-state index in [2.05, 4.69) is 37.9 Å². The summed E-state index contributed by atoms with van der Waals surface area (Å²) in [6.07, 6.45) is 7.34. The molecule has 80 valence electrons. The van der Waals surface area contributed by atoms with Gasteiger partial charge in [0.05, 0.1) is 0 Å². The first-order valence-electron chi connectivity index (χ1n) is 5.09. The summed E-state index contributed by atoms with van der Waals surface area (Å²) in [4.78, 5) is 0. The van der Waals surface area contributed by atoms with Gasteiger partial charge in [0.2, 0.25) is 0 Å². The minimum absolute atomic E-state index is 0.285. The molecule has 0 bridgehead atoms. The molecule has 0 aliphatic rings. The molecule has 0 aromatic carbocycles. The van der Waals surface area contributed by atoms with Crippen LogP contribution < -0.4 is 11.1 Å². The van der Waals surface area contributed by atoms with Gasteiger partial charge < -0.3 is 11.1 Å². The number of hydrogen-bond acceptors (Lipinski definition) is 2. The van der Waals surface area contributed by atoms with Gasteiger partial charge in [-0.15, -0.1) is 0 Å². The van der Waals surface area contributed by atoms with Gasteiger partial charge in [-0.25, -0.2) is 0 Å². The molecule has 14 heavy (non-hydrogen) atoms. The maximum absolute atomic E-state index is 5.75. The Labute approximate surface area is 87.6 Å². The van der Waals surface area contributed by atoms with Crippen molar-refractivity contribution in [3.05, 3.63) is 36.1 Å². The van der Waals surface area contributed by atoms with Crippen LogP contribution in [0.25, 0.3) is 0 Å². The summed E-state index contributed by atoms with van der Waals surface area (Å²) in [5.41, 5.74) is 7.44. The van der Waals surface area contributed by atoms with Gasteiger partial charge in [-0.3, -0.25) is 0 Å². The van der Waals surface area contributed by atoms with Gasteiger partial charge >= 0.3 is 0 Å². The van der Waals surface area contributed by atoms with Gasteiger partial charge in [0.15, 0.2) is 0 Å². The zero-order chi connectivity index (χ0) is 11.0. The van der Waals surface area contributed by atoms with Gasteiger partial charge in [0.25, 0.3) is 0 Å². The third-order valence-corrected chi connectivity index (χ3v) is 1.88. The Morgan fingerprint density at radius 1 is 1.50 bits per heavy atom. The van der Waals surface area contributed by atoms with E-state index in [4.69, 9.17) is 5.73 Å². The molecule has 0 aliphatic carbocycles. The molecule has 0 aliphatic heterocycles. The van der Waals surface area contributed by atoms with Crippen LogP contribution in [0.2, 0.25) is 0 Å². The lowest BCUT2D eigenvalue weighted by Crippen LogP contribution is -2.25. The van der Waals surface area contributed by atoms with Crippen LogP contribution in [0.4, 0.5) is 0 Å². The van der Waals surface area contributed by atoms with Gasteiger partial charge in [-0.2, -0.15) is 0 Å². The van der Waals surface area contributed by atoms with Crippen LogP contribution in [0.3, 0.4) is 0 Å². The SMILES string of the molecule is C=C(C)/C(N)=C\[C@H](C)NC/C=C\CC. The monoisotopic (exact) mass is 194 g/mol. The smallest absolute Gasteiger partial charge is 0.0312 e. The van der Waals surface area contributed by atoms with E-state index in [9.17, 15) is 0 Å². The lowest BCUT2D eigenvalue weighted by molar-refractivity contribution is 0.680. The summed E-state index contributed by atoms with van der Waals surface area (Å²) in [7, 11) is 0. The molecule has 0 rings (SSSR count). The highest BCUT2D eigenvalue weighted by atomic mass is 14.9. The van der Waals surface area contributed by atoms with Crippen molar-refractivity contribution in [1.82, 2.24) is 5.32 Å². The zero-order valence-electron chi connectivity index (χ0n) is 9.51. The van der Waals surface area contributed by atoms with Crippen molar-refractivity contribution in [2.24, 2.45) is 5.73 Å². The van der Waals surface area contributed by atoms with Crippen molar-refractivity contribution in [2.75, 3.05) is 6.54 Å². The summed E-state index contributed by atoms with van der Waals surface area (Å²) < 4.78 is 0. The van der Waals surface area contributed by atoms with Crippen LogP contribution in [0.15, 0.2) is 36.1 Å². The second-order valence-electron chi connectivity index (χ2n) is 3.48. The Morgan fingerprint density at radius 3 is 2.64 bits per heavy atom. The van der Waals surface area contributed by atoms with Crippen LogP contribution in [-0.4, -0.2) is 12.6 Å². The molecule has 2 nitrogen and oxygen atoms in total. The van der Waals surface area contributed by atoms with Crippen LogP contribution >= 0.6 is 0 Å². The number of nitrogens with two attached hydrogens (primary N) is 1. The molecule has 0 saturated heterocycles. The fourth-order valence-corrected chi connectivity index (χ4v) is 0.974. The number of hydrogen-bond donors (Lipinski definition) is 2. The van der Waals surface area contributed by atoms with E-state index in [1.807, 2.05) is 13.0 Å². The molecule has 0 saturated carbocycles. The Bertz CT molecular complexity index is 226. The van der Waals surface area contributed by atoms with Crippen LogP contribution in [-0.2, 0) is 0 Å². The molecule has 0 unspecified atom stereocenters. The van der Waals surface area contributed by atoms with Gasteiger partial charge in [-0.1, -0.05) is 25.7 Å². The molecule has 0 radical (unpaired) electrons. The predicted octanol–water partition coefficient (Wildman–Crippen LogP) is 2.35. The maximum Gasteiger partial charge on any atom is 0.0312 e. The highest BCUT2D eigenvalue weighted by Gasteiger charge is 1.96. The first-order valence-corrected chi connectivity index (χ1v) is 5.09. The first kappa shape index (κ1) is 13.0. The van der Waals surface area contributed by atoms with Crippen LogP contribution in [0.1, 0.15) is 27.2 Å². The van der Waals surface area contributed by atoms with Crippen molar-refractivity contribution < 1.29 is 0 Å². The number of rotatable bonds is 6. The standard InChI is InChI=1S/C12H22N2/c1-5-6-7-8-14-11(4)9-12(13)10(2)3/h6-7,9,11,14H,2,5,8,13H2,1,3-4H3/b7-6-,12-9+/t11-/m0/s1. The summed E-state index contributed by atoms with van der Waals surface area (Å²) >= 11 is 0. The second kappa shape index (κ2) is 7.39. The molecular formula is C12H22N2. The molecule has 0 aromatic heterocycles. The van der Waals surface area contributed by atoms with Crippen molar-refractivity contribution in [3.63, 3.8) is 0 Å². The third kappa shape index (κ3) is 6.49. The normalized spacial score (nSPS) is 14.6. The van der Waals surface area contributed by atoms with E-state index in [-0.39, 0.29) is 6.04 Å². The third-order valence-electron chi connectivity index (χ3n) is 1.88. The predicted molar refractivity (Wildman–Crippen MR) is 64.0 cm³/mol. The first-order chi connectivity index (χ1) is 6.57. The summed E-state index contributed by atoms with van der Waals surface area (Å²) in [6, 6.07) is 0.285. The van der Waals surface area contributed by atoms with Crippen molar-refractivity contribution in [3.8, 4) is 0 Å². The van der Waals surface area contributed by atoms with E-state index < -0.39 is 0 Å². The molecule has 0 heterocycles. The minimum atomic E-state index is 0.285. The second-order valence-corrected chi connectivity index (χ2v) is 3.48. The Balaban J connectivity index is 3.86. The number of allylic oxidation sites excluding steroid dienone is 2. The van der Waals surface area contributed by atoms with Crippen LogP contribution in [0, 0.1) is 0 Å². The lowest BCUT2D eigenvalue weighted by atomic mass is 10.2. The average molecular weight is 194 g/mol. The quantitative estimate of drug-likeness (QED) is 0.503. The fourth-order valence-electron chi connectivity index (χ4n) is 0.974. The Morgan fingerprint density at radius 2 is 2.14 bits per heavy atom. The lowest BCUT2D eigenvalue weighted by Gasteiger charge is -2.09. The topological polar surface area (TPSA) is 38.0 Å². The fraction of sp³-hybridized carbons (Fsp3) is 0.500. The van der Waals surface area contributed by atoms with Crippen LogP contribution in [0.5, 0.6) is 0 Å². The molecule has 3 N–H and O–H groups in total. The molecule has 0 aromatic rings. The average Bonchev–Trinajstić information content (AvgIpc) is 2.12. The highest BCUT2D eigenvalue weighted by Crippen LogP contribution is 1.99. The van der Waals surface area contributed by atoms with E-state index in [1.165, 1.54) is 0 Å². The summed E-state index contributed by atoms with van der Waals surface area (Å²) in [6.45, 7) is 10.8. The van der Waals surface area contributed by atoms with E-state index in [0.717, 1.165) is 24.2 Å². The Hall–Kier alpha value is -1.02. The van der Waals surface area contributed by atoms with Crippen molar-refractivity contribution in [2.45, 2.75) is 33.2 Å². The Kier molecular flexibility index (Phi) is 6.85. The maximum atomic E-state index is 5.75. The molecule has 0 spiro atoms. The van der Waals surface area contributed by atoms with E-state index in [1.54, 1.807) is 0 Å². The zero-order valence-corrected chi connectivity index (χ0v) is 9.51. The van der Waals surface area contributed by atoms with E-state index >= 15 is 0 Å². The highest BCUT2D eigenvalue weighted by molar-refractivity contribution is 5.24. The van der Waals surface area contributed by atoms with Crippen molar-refractivity contribution >= 4 is 0 Å². The summed E-state index contributed by atoms with van der Waals surface area (Å²) in [5.74, 6) is 0. The van der Waals surface area contributed by atoms with Crippen molar-refractivity contribution in [1.29, 1.82) is 0 Å². The minimum Gasteiger partial charge on any atom is -0.399 e. The van der Waals surface area contributed by atoms with E-state index in [0.29, 0.717) is 0 Å². The molecular weight excluding hydrogens is 172 g/mol. The molecule has 1 atom stereocenters. The number of nitrogens with one attached hydrogen (secondary N) is 1.